The van der Waals surface area contributed by atoms with Crippen LogP contribution >= 0.6 is 0 Å². The van der Waals surface area contributed by atoms with Gasteiger partial charge >= 0.3 is 5.95 Å². The number of hydrogen-bond donors (Lipinski definition) is 3. The molecule has 4 rings (SSSR count). The molecule has 3 aromatic rings. The molecule has 0 saturated heterocycles. The van der Waals surface area contributed by atoms with Gasteiger partial charge in [-0.1, -0.05) is 12.1 Å². The van der Waals surface area contributed by atoms with Crippen molar-refractivity contribution in [1.29, 1.82) is 0 Å². The van der Waals surface area contributed by atoms with Gasteiger partial charge in [0.15, 0.2) is 5.76 Å². The number of aromatic amines is 1. The highest BCUT2D eigenvalue weighted by Crippen LogP contribution is 2.24. The molecule has 0 spiro atoms. The molecular formula is C14H14N5O+. The number of guanidine groups is 1. The van der Waals surface area contributed by atoms with Crippen LogP contribution in [0.25, 0.3) is 11.0 Å². The molecule has 1 atom stereocenters. The summed E-state index contributed by atoms with van der Waals surface area (Å²) in [5.74, 6) is 2.80. The van der Waals surface area contributed by atoms with Crippen LogP contribution in [0, 0.1) is 6.92 Å². The first-order chi connectivity index (χ1) is 9.72. The van der Waals surface area contributed by atoms with E-state index in [4.69, 9.17) is 10.2 Å². The number of aryl methyl sites for hydroxylation is 1. The van der Waals surface area contributed by atoms with Gasteiger partial charge in [-0.25, -0.2) is 10.3 Å². The van der Waals surface area contributed by atoms with Crippen LogP contribution in [0.3, 0.4) is 0 Å². The van der Waals surface area contributed by atoms with E-state index in [1.807, 2.05) is 47.9 Å². The smallest absolute Gasteiger partial charge is 0.365 e. The lowest BCUT2D eigenvalue weighted by molar-refractivity contribution is -0.676. The van der Waals surface area contributed by atoms with E-state index in [1.165, 1.54) is 0 Å². The molecule has 0 unspecified atom stereocenters. The maximum absolute atomic E-state index is 5.87. The molecule has 6 heteroatoms. The number of benzene rings is 1. The van der Waals surface area contributed by atoms with Gasteiger partial charge in [0.1, 0.15) is 16.8 Å². The number of aromatic nitrogens is 2. The van der Waals surface area contributed by atoms with E-state index >= 15 is 0 Å². The molecule has 1 aromatic carbocycles. The predicted molar refractivity (Wildman–Crippen MR) is 75.3 cm³/mol. The van der Waals surface area contributed by atoms with Crippen LogP contribution in [-0.4, -0.2) is 10.9 Å². The first-order valence-electron chi connectivity index (χ1n) is 6.41. The van der Waals surface area contributed by atoms with Gasteiger partial charge in [0.05, 0.1) is 0 Å². The molecule has 20 heavy (non-hydrogen) atoms. The highest BCUT2D eigenvalue weighted by atomic mass is 16.3. The van der Waals surface area contributed by atoms with E-state index in [1.54, 1.807) is 0 Å². The van der Waals surface area contributed by atoms with E-state index in [-0.39, 0.29) is 6.17 Å². The monoisotopic (exact) mass is 268 g/mol. The van der Waals surface area contributed by atoms with Gasteiger partial charge in [-0.05, 0) is 31.2 Å². The van der Waals surface area contributed by atoms with Crippen molar-refractivity contribution in [3.05, 3.63) is 47.9 Å². The fourth-order valence-corrected chi connectivity index (χ4v) is 2.57. The average Bonchev–Trinajstić information content (AvgIpc) is 3.00. The van der Waals surface area contributed by atoms with Gasteiger partial charge < -0.3 is 10.2 Å². The third-order valence-corrected chi connectivity index (χ3v) is 3.43. The number of hydrogen-bond acceptors (Lipinski definition) is 4. The summed E-state index contributed by atoms with van der Waals surface area (Å²) in [6.45, 7) is 1.92. The minimum atomic E-state index is -0.295. The first-order valence-corrected chi connectivity index (χ1v) is 6.41. The van der Waals surface area contributed by atoms with Crippen molar-refractivity contribution in [3.63, 3.8) is 0 Å². The lowest BCUT2D eigenvalue weighted by Gasteiger charge is -2.15. The van der Waals surface area contributed by atoms with Crippen molar-refractivity contribution in [3.8, 4) is 0 Å². The maximum Gasteiger partial charge on any atom is 0.365 e. The predicted octanol–water partition coefficient (Wildman–Crippen LogP) is 1.64. The molecule has 0 saturated carbocycles. The SMILES string of the molecule is Cc1ccc([C@H]2N=C(N)Nc3[nH]c4ccccc4[n+]32)o1. The maximum atomic E-state index is 5.87. The lowest BCUT2D eigenvalue weighted by Crippen LogP contribution is -2.47. The third-order valence-electron chi connectivity index (χ3n) is 3.43. The minimum absolute atomic E-state index is 0.295. The number of furan rings is 1. The van der Waals surface area contributed by atoms with Crippen LogP contribution in [0.5, 0.6) is 0 Å². The van der Waals surface area contributed by atoms with Crippen LogP contribution in [0.4, 0.5) is 5.95 Å². The number of rotatable bonds is 1. The molecule has 0 amide bonds. The molecule has 6 nitrogen and oxygen atoms in total. The van der Waals surface area contributed by atoms with Gasteiger partial charge in [0.2, 0.25) is 6.17 Å². The zero-order chi connectivity index (χ0) is 13.7. The molecule has 0 fully saturated rings. The molecule has 1 aliphatic rings. The molecule has 0 bridgehead atoms. The van der Waals surface area contributed by atoms with Gasteiger partial charge in [0.25, 0.3) is 5.96 Å². The molecule has 100 valence electrons. The largest absolute Gasteiger partial charge is 0.460 e. The number of imidazole rings is 1. The minimum Gasteiger partial charge on any atom is -0.460 e. The highest BCUT2D eigenvalue weighted by Gasteiger charge is 2.32. The van der Waals surface area contributed by atoms with Crippen LogP contribution in [0.2, 0.25) is 0 Å². The Labute approximate surface area is 114 Å². The molecule has 0 radical (unpaired) electrons. The number of nitrogens with zero attached hydrogens (tertiary/aromatic N) is 2. The van der Waals surface area contributed by atoms with Crippen LogP contribution < -0.4 is 15.6 Å². The van der Waals surface area contributed by atoms with Crippen molar-refractivity contribution in [2.24, 2.45) is 10.7 Å². The summed E-state index contributed by atoms with van der Waals surface area (Å²) >= 11 is 0. The van der Waals surface area contributed by atoms with Crippen molar-refractivity contribution >= 4 is 22.9 Å². The Hall–Kier alpha value is -2.76. The Morgan fingerprint density at radius 3 is 2.90 bits per heavy atom. The second-order valence-corrected chi connectivity index (χ2v) is 4.82. The van der Waals surface area contributed by atoms with Crippen LogP contribution in [0.15, 0.2) is 45.8 Å². The number of para-hydroxylation sites is 2. The van der Waals surface area contributed by atoms with Gasteiger partial charge in [0, 0.05) is 0 Å². The van der Waals surface area contributed by atoms with E-state index in [0.717, 1.165) is 28.5 Å². The normalized spacial score (nSPS) is 17.6. The fourth-order valence-electron chi connectivity index (χ4n) is 2.57. The molecule has 0 aliphatic carbocycles. The third kappa shape index (κ3) is 1.51. The Kier molecular flexibility index (Phi) is 2.14. The average molecular weight is 268 g/mol. The van der Waals surface area contributed by atoms with Crippen molar-refractivity contribution in [2.75, 3.05) is 5.32 Å². The summed E-state index contributed by atoms with van der Waals surface area (Å²) < 4.78 is 7.77. The van der Waals surface area contributed by atoms with Crippen molar-refractivity contribution in [2.45, 2.75) is 13.1 Å². The molecular weight excluding hydrogens is 254 g/mol. The van der Waals surface area contributed by atoms with Gasteiger partial charge in [-0.3, -0.25) is 0 Å². The zero-order valence-electron chi connectivity index (χ0n) is 10.9. The molecule has 1 aliphatic heterocycles. The second-order valence-electron chi connectivity index (χ2n) is 4.82. The summed E-state index contributed by atoms with van der Waals surface area (Å²) in [7, 11) is 0. The summed E-state index contributed by atoms with van der Waals surface area (Å²) in [6.07, 6.45) is -0.295. The lowest BCUT2D eigenvalue weighted by atomic mass is 10.3. The number of fused-ring (bicyclic) bond motifs is 3. The topological polar surface area (TPSA) is 83.2 Å². The molecule has 2 aromatic heterocycles. The summed E-state index contributed by atoms with van der Waals surface area (Å²) in [5.41, 5.74) is 7.94. The summed E-state index contributed by atoms with van der Waals surface area (Å²) in [6, 6.07) is 11.9. The van der Waals surface area contributed by atoms with Gasteiger partial charge in [-0.2, -0.15) is 9.56 Å². The van der Waals surface area contributed by atoms with Crippen LogP contribution in [0.1, 0.15) is 17.7 Å². The van der Waals surface area contributed by atoms with E-state index in [9.17, 15) is 0 Å². The Balaban J connectivity index is 1.98. The Morgan fingerprint density at radius 1 is 1.25 bits per heavy atom. The molecule has 4 N–H and O–H groups in total. The van der Waals surface area contributed by atoms with Crippen molar-refractivity contribution < 1.29 is 8.98 Å². The van der Waals surface area contributed by atoms with E-state index in [2.05, 4.69) is 15.3 Å². The Bertz CT molecular complexity index is 829. The zero-order valence-corrected chi connectivity index (χ0v) is 10.9. The first kappa shape index (κ1) is 11.1. The van der Waals surface area contributed by atoms with Crippen molar-refractivity contribution in [1.82, 2.24) is 4.98 Å². The quantitative estimate of drug-likeness (QED) is 0.587. The number of nitrogens with one attached hydrogen (secondary N) is 2. The molecule has 3 heterocycles. The summed E-state index contributed by atoms with van der Waals surface area (Å²) in [5, 5.41) is 3.05. The highest BCUT2D eigenvalue weighted by molar-refractivity contribution is 5.92. The van der Waals surface area contributed by atoms with Crippen LogP contribution in [-0.2, 0) is 0 Å². The number of nitrogens with two attached hydrogens (primary N) is 1. The number of H-pyrrole nitrogens is 1. The second kappa shape index (κ2) is 3.86. The Morgan fingerprint density at radius 2 is 2.10 bits per heavy atom. The standard InChI is InChI=1S/C14H13N5O/c1-8-6-7-11(20-8)12-17-13(15)18-14-16-9-4-2-3-5-10(9)19(12)14/h2-7,12H,1H3,(H3,15,16,17,18)/p+1/t12-/m0/s1. The number of anilines is 1. The van der Waals surface area contributed by atoms with Gasteiger partial charge in [-0.15, -0.1) is 0 Å². The van der Waals surface area contributed by atoms with E-state index in [0.29, 0.717) is 5.96 Å². The van der Waals surface area contributed by atoms with E-state index < -0.39 is 0 Å². The fraction of sp³-hybridized carbons (Fsp3) is 0.143. The number of aliphatic imine (C=N–C) groups is 1. The summed E-state index contributed by atoms with van der Waals surface area (Å²) in [4.78, 5) is 7.76.